The topological polar surface area (TPSA) is 16.4 Å². The number of thiophene rings is 2. The number of nitrogens with zero attached hydrogens (tertiary/aromatic N) is 1. The molecular weight excluding hydrogens is 743 g/mol. The van der Waals surface area contributed by atoms with Crippen LogP contribution in [0.4, 0.5) is 17.1 Å². The van der Waals surface area contributed by atoms with Gasteiger partial charge in [-0.3, -0.25) is 0 Å². The molecule has 13 rings (SSSR count). The lowest BCUT2D eigenvalue weighted by Gasteiger charge is -2.27. The van der Waals surface area contributed by atoms with E-state index in [2.05, 4.69) is 187 Å². The van der Waals surface area contributed by atoms with Gasteiger partial charge in [-0.1, -0.05) is 121 Å². The molecule has 0 saturated heterocycles. The molecular formula is C54H31NOS2. The van der Waals surface area contributed by atoms with Crippen LogP contribution in [-0.2, 0) is 0 Å². The van der Waals surface area contributed by atoms with Gasteiger partial charge < -0.3 is 9.32 Å². The van der Waals surface area contributed by atoms with Crippen LogP contribution >= 0.6 is 22.7 Å². The zero-order chi connectivity index (χ0) is 37.9. The summed E-state index contributed by atoms with van der Waals surface area (Å²) in [7, 11) is 0. The van der Waals surface area contributed by atoms with Crippen molar-refractivity contribution in [2.45, 2.75) is 0 Å². The van der Waals surface area contributed by atoms with E-state index in [9.17, 15) is 0 Å². The zero-order valence-corrected chi connectivity index (χ0v) is 32.7. The van der Waals surface area contributed by atoms with E-state index >= 15 is 0 Å². The van der Waals surface area contributed by atoms with Gasteiger partial charge in [-0.25, -0.2) is 0 Å². The summed E-state index contributed by atoms with van der Waals surface area (Å²) in [6.07, 6.45) is 0. The van der Waals surface area contributed by atoms with Gasteiger partial charge in [0.25, 0.3) is 0 Å². The second-order valence-corrected chi connectivity index (χ2v) is 17.3. The molecule has 270 valence electrons. The smallest absolute Gasteiger partial charge is 0.136 e. The van der Waals surface area contributed by atoms with Crippen LogP contribution in [0.3, 0.4) is 0 Å². The van der Waals surface area contributed by atoms with Crippen LogP contribution in [0.5, 0.6) is 0 Å². The molecule has 0 saturated carbocycles. The molecule has 10 aromatic carbocycles. The van der Waals surface area contributed by atoms with Gasteiger partial charge in [0.2, 0.25) is 0 Å². The monoisotopic (exact) mass is 773 g/mol. The first-order valence-corrected chi connectivity index (χ1v) is 21.3. The maximum absolute atomic E-state index is 6.36. The lowest BCUT2D eigenvalue weighted by atomic mass is 9.97. The lowest BCUT2D eigenvalue weighted by molar-refractivity contribution is 0.669. The fraction of sp³-hybridized carbons (Fsp3) is 0. The molecule has 2 nitrogen and oxygen atoms in total. The summed E-state index contributed by atoms with van der Waals surface area (Å²) < 4.78 is 11.5. The molecule has 0 aliphatic carbocycles. The number of anilines is 3. The minimum absolute atomic E-state index is 0.928. The zero-order valence-electron chi connectivity index (χ0n) is 31.1. The summed E-state index contributed by atoms with van der Waals surface area (Å²) in [5.74, 6) is 0. The lowest BCUT2D eigenvalue weighted by Crippen LogP contribution is -2.10. The van der Waals surface area contributed by atoms with Gasteiger partial charge >= 0.3 is 0 Å². The van der Waals surface area contributed by atoms with Crippen molar-refractivity contribution < 1.29 is 4.42 Å². The molecule has 0 fully saturated rings. The molecule has 0 radical (unpaired) electrons. The Hall–Kier alpha value is -6.98. The quantitative estimate of drug-likeness (QED) is 0.166. The van der Waals surface area contributed by atoms with Crippen LogP contribution < -0.4 is 4.90 Å². The molecule has 13 aromatic rings. The van der Waals surface area contributed by atoms with Crippen molar-refractivity contribution in [3.63, 3.8) is 0 Å². The molecule has 0 aliphatic rings. The average molecular weight is 774 g/mol. The van der Waals surface area contributed by atoms with E-state index in [1.165, 1.54) is 94.9 Å². The van der Waals surface area contributed by atoms with Crippen LogP contribution in [0, 0.1) is 0 Å². The van der Waals surface area contributed by atoms with Crippen molar-refractivity contribution in [1.29, 1.82) is 0 Å². The third-order valence-electron chi connectivity index (χ3n) is 12.0. The van der Waals surface area contributed by atoms with Gasteiger partial charge in [0, 0.05) is 63.2 Å². The summed E-state index contributed by atoms with van der Waals surface area (Å²) >= 11 is 3.74. The van der Waals surface area contributed by atoms with Crippen LogP contribution in [0.25, 0.3) is 106 Å². The van der Waals surface area contributed by atoms with Crippen LogP contribution in [-0.4, -0.2) is 0 Å². The molecule has 0 unspecified atom stereocenters. The van der Waals surface area contributed by atoms with Gasteiger partial charge in [-0.15, -0.1) is 22.7 Å². The predicted molar refractivity (Wildman–Crippen MR) is 252 cm³/mol. The Morgan fingerprint density at radius 3 is 1.97 bits per heavy atom. The summed E-state index contributed by atoms with van der Waals surface area (Å²) in [4.78, 5) is 2.44. The number of fused-ring (bicyclic) bond motifs is 15. The largest absolute Gasteiger partial charge is 0.456 e. The van der Waals surface area contributed by atoms with Gasteiger partial charge in [-0.2, -0.15) is 0 Å². The van der Waals surface area contributed by atoms with E-state index < -0.39 is 0 Å². The second-order valence-electron chi connectivity index (χ2n) is 15.2. The van der Waals surface area contributed by atoms with Crippen LogP contribution in [0.1, 0.15) is 0 Å². The number of rotatable bonds is 4. The Kier molecular flexibility index (Phi) is 6.79. The maximum Gasteiger partial charge on any atom is 0.136 e. The average Bonchev–Trinajstić information content (AvgIpc) is 3.98. The van der Waals surface area contributed by atoms with Crippen molar-refractivity contribution >= 4 is 134 Å². The van der Waals surface area contributed by atoms with Crippen molar-refractivity contribution in [2.24, 2.45) is 0 Å². The highest BCUT2D eigenvalue weighted by molar-refractivity contribution is 7.26. The van der Waals surface area contributed by atoms with Crippen molar-refractivity contribution in [2.75, 3.05) is 4.90 Å². The van der Waals surface area contributed by atoms with E-state index in [0.29, 0.717) is 0 Å². The first-order chi connectivity index (χ1) is 28.7. The van der Waals surface area contributed by atoms with E-state index in [1.807, 2.05) is 28.7 Å². The molecule has 3 aromatic heterocycles. The van der Waals surface area contributed by atoms with Gasteiger partial charge in [0.05, 0.1) is 10.4 Å². The maximum atomic E-state index is 6.36. The first-order valence-electron chi connectivity index (χ1n) is 19.7. The fourth-order valence-electron chi connectivity index (χ4n) is 9.36. The minimum atomic E-state index is 0.928. The van der Waals surface area contributed by atoms with Crippen molar-refractivity contribution in [3.05, 3.63) is 188 Å². The highest BCUT2D eigenvalue weighted by Gasteiger charge is 2.20. The predicted octanol–water partition coefficient (Wildman–Crippen LogP) is 16.9. The number of para-hydroxylation sites is 1. The highest BCUT2D eigenvalue weighted by Crippen LogP contribution is 2.47. The first kappa shape index (κ1) is 32.1. The molecule has 4 heteroatoms. The summed E-state index contributed by atoms with van der Waals surface area (Å²) in [5.41, 5.74) is 7.69. The SMILES string of the molecule is c1ccc2c(c1)ccc1cc(N(c3ccc(-c4ccc5sc6ccc7ccc8oc9ccccc9c8c7c6c5c4)cc3)c3cccc4c3sc3ccccc34)ccc12. The normalized spacial score (nSPS) is 12.1. The molecule has 0 amide bonds. The number of benzene rings is 10. The van der Waals surface area contributed by atoms with E-state index in [-0.39, 0.29) is 0 Å². The molecule has 0 N–H and O–H groups in total. The number of hydrogen-bond donors (Lipinski definition) is 0. The standard InChI is InChI=1S/C54H31NOS2/c1-2-9-39-33(8-1)16-17-36-30-38(25-26-40(36)39)55(45-13-7-12-42-41-10-4-6-15-48(41)58-54(42)45)37-23-18-32(19-24-37)35-22-28-49-44(31-35)53-50(57-49)29-21-34-20-27-47-52(51(34)53)43-11-3-5-14-46(43)56-47/h1-31H. The molecule has 3 heterocycles. The number of hydrogen-bond acceptors (Lipinski definition) is 4. The Labute approximate surface area is 341 Å². The second kappa shape index (κ2) is 12.3. The summed E-state index contributed by atoms with van der Waals surface area (Å²) in [5, 5.41) is 15.1. The Morgan fingerprint density at radius 1 is 0.345 bits per heavy atom. The van der Waals surface area contributed by atoms with E-state index in [0.717, 1.165) is 27.9 Å². The molecule has 0 spiro atoms. The van der Waals surface area contributed by atoms with Gasteiger partial charge in [-0.05, 0) is 105 Å². The molecule has 0 bridgehead atoms. The van der Waals surface area contributed by atoms with Crippen molar-refractivity contribution in [1.82, 2.24) is 0 Å². The summed E-state index contributed by atoms with van der Waals surface area (Å²) in [6, 6.07) is 69.0. The highest BCUT2D eigenvalue weighted by atomic mass is 32.1. The Bertz CT molecular complexity index is 3810. The van der Waals surface area contributed by atoms with Gasteiger partial charge in [0.15, 0.2) is 0 Å². The molecule has 0 aliphatic heterocycles. The summed E-state index contributed by atoms with van der Waals surface area (Å²) in [6.45, 7) is 0. The van der Waals surface area contributed by atoms with E-state index in [1.54, 1.807) is 0 Å². The molecule has 0 atom stereocenters. The fourth-order valence-corrected chi connectivity index (χ4v) is 11.7. The number of furan rings is 1. The van der Waals surface area contributed by atoms with E-state index in [4.69, 9.17) is 4.42 Å². The third kappa shape index (κ3) is 4.70. The Morgan fingerprint density at radius 2 is 1.03 bits per heavy atom. The minimum Gasteiger partial charge on any atom is -0.456 e. The van der Waals surface area contributed by atoms with Crippen LogP contribution in [0.2, 0.25) is 0 Å². The Balaban J connectivity index is 0.984. The third-order valence-corrected chi connectivity index (χ3v) is 14.4. The van der Waals surface area contributed by atoms with Gasteiger partial charge in [0.1, 0.15) is 11.2 Å². The van der Waals surface area contributed by atoms with Crippen molar-refractivity contribution in [3.8, 4) is 11.1 Å². The molecule has 58 heavy (non-hydrogen) atoms. The van der Waals surface area contributed by atoms with Crippen LogP contribution in [0.15, 0.2) is 192 Å².